The predicted octanol–water partition coefficient (Wildman–Crippen LogP) is 3.50. The highest BCUT2D eigenvalue weighted by Crippen LogP contribution is 2.31. The van der Waals surface area contributed by atoms with Crippen LogP contribution in [0, 0.1) is 5.82 Å². The Labute approximate surface area is 136 Å². The molecule has 0 bridgehead atoms. The fourth-order valence-corrected chi connectivity index (χ4v) is 3.18. The molecule has 0 spiro atoms. The third kappa shape index (κ3) is 3.71. The molecule has 0 radical (unpaired) electrons. The lowest BCUT2D eigenvalue weighted by atomic mass is 10.0. The second-order valence-corrected chi connectivity index (χ2v) is 5.91. The standard InChI is InChI=1S/C19H23FN2O/c20-17-9-3-1-7-15(17)14-23-19-10-4-2-8-16(19)18(13-21)22-11-5-6-12-22/h1-4,7-10,18H,5-6,11-14,21H2. The Hall–Kier alpha value is -1.91. The quantitative estimate of drug-likeness (QED) is 0.887. The normalized spacial score (nSPS) is 16.4. The maximum absolute atomic E-state index is 13.8. The van der Waals surface area contributed by atoms with Crippen molar-refractivity contribution in [2.75, 3.05) is 19.6 Å². The summed E-state index contributed by atoms with van der Waals surface area (Å²) in [6.45, 7) is 2.92. The number of rotatable bonds is 6. The van der Waals surface area contributed by atoms with Gasteiger partial charge in [-0.3, -0.25) is 4.90 Å². The molecule has 3 nitrogen and oxygen atoms in total. The van der Waals surface area contributed by atoms with Gasteiger partial charge >= 0.3 is 0 Å². The molecule has 1 unspecified atom stereocenters. The Kier molecular flexibility index (Phi) is 5.26. The molecule has 2 N–H and O–H groups in total. The van der Waals surface area contributed by atoms with E-state index in [2.05, 4.69) is 11.0 Å². The monoisotopic (exact) mass is 314 g/mol. The largest absolute Gasteiger partial charge is 0.488 e. The second kappa shape index (κ2) is 7.57. The van der Waals surface area contributed by atoms with Crippen LogP contribution in [0.5, 0.6) is 5.75 Å². The lowest BCUT2D eigenvalue weighted by Crippen LogP contribution is -2.31. The first-order valence-electron chi connectivity index (χ1n) is 8.19. The van der Waals surface area contributed by atoms with Crippen molar-refractivity contribution in [2.24, 2.45) is 5.73 Å². The SMILES string of the molecule is NCC(c1ccccc1OCc1ccccc1F)N1CCCC1. The summed E-state index contributed by atoms with van der Waals surface area (Å²) in [5.74, 6) is 0.554. The molecule has 0 aromatic heterocycles. The van der Waals surface area contributed by atoms with E-state index in [0.29, 0.717) is 12.1 Å². The summed E-state index contributed by atoms with van der Waals surface area (Å²) in [6, 6.07) is 14.8. The van der Waals surface area contributed by atoms with Crippen molar-refractivity contribution < 1.29 is 9.13 Å². The fraction of sp³-hybridized carbons (Fsp3) is 0.368. The fourth-order valence-electron chi connectivity index (χ4n) is 3.18. The summed E-state index contributed by atoms with van der Waals surface area (Å²) in [4.78, 5) is 2.41. The number of hydrogen-bond acceptors (Lipinski definition) is 3. The highest BCUT2D eigenvalue weighted by atomic mass is 19.1. The Morgan fingerprint density at radius 1 is 1.04 bits per heavy atom. The minimum absolute atomic E-state index is 0.161. The van der Waals surface area contributed by atoms with Crippen LogP contribution < -0.4 is 10.5 Å². The van der Waals surface area contributed by atoms with E-state index in [0.717, 1.165) is 24.4 Å². The first kappa shape index (κ1) is 16.0. The highest BCUT2D eigenvalue weighted by Gasteiger charge is 2.24. The first-order chi connectivity index (χ1) is 11.3. The summed E-state index contributed by atoms with van der Waals surface area (Å²) < 4.78 is 19.7. The molecule has 1 saturated heterocycles. The molecule has 0 saturated carbocycles. The Morgan fingerprint density at radius 2 is 1.74 bits per heavy atom. The van der Waals surface area contributed by atoms with E-state index < -0.39 is 0 Å². The van der Waals surface area contributed by atoms with Crippen LogP contribution in [0.1, 0.15) is 30.0 Å². The molecule has 1 fully saturated rings. The van der Waals surface area contributed by atoms with Gasteiger partial charge in [-0.2, -0.15) is 0 Å². The van der Waals surface area contributed by atoms with E-state index in [9.17, 15) is 4.39 Å². The third-order valence-electron chi connectivity index (χ3n) is 4.42. The molecule has 1 aliphatic heterocycles. The van der Waals surface area contributed by atoms with Gasteiger partial charge in [-0.1, -0.05) is 36.4 Å². The lowest BCUT2D eigenvalue weighted by molar-refractivity contribution is 0.236. The number of nitrogens with zero attached hydrogens (tertiary/aromatic N) is 1. The van der Waals surface area contributed by atoms with Crippen LogP contribution in [0.2, 0.25) is 0 Å². The van der Waals surface area contributed by atoms with Gasteiger partial charge in [-0.25, -0.2) is 4.39 Å². The average molecular weight is 314 g/mol. The minimum atomic E-state index is -0.236. The lowest BCUT2D eigenvalue weighted by Gasteiger charge is -2.28. The van der Waals surface area contributed by atoms with E-state index >= 15 is 0 Å². The van der Waals surface area contributed by atoms with Crippen LogP contribution in [0.15, 0.2) is 48.5 Å². The van der Waals surface area contributed by atoms with E-state index in [4.69, 9.17) is 10.5 Å². The Bertz CT molecular complexity index is 641. The van der Waals surface area contributed by atoms with Gasteiger partial charge in [-0.05, 0) is 38.1 Å². The number of likely N-dealkylation sites (tertiary alicyclic amines) is 1. The third-order valence-corrected chi connectivity index (χ3v) is 4.42. The van der Waals surface area contributed by atoms with Gasteiger partial charge in [0.15, 0.2) is 0 Å². The zero-order chi connectivity index (χ0) is 16.1. The van der Waals surface area contributed by atoms with Crippen LogP contribution in [0.25, 0.3) is 0 Å². The van der Waals surface area contributed by atoms with Gasteiger partial charge in [0.2, 0.25) is 0 Å². The minimum Gasteiger partial charge on any atom is -0.488 e. The van der Waals surface area contributed by atoms with E-state index in [-0.39, 0.29) is 18.5 Å². The van der Waals surface area contributed by atoms with Crippen LogP contribution in [0.3, 0.4) is 0 Å². The molecule has 4 heteroatoms. The summed E-state index contributed by atoms with van der Waals surface area (Å²) in [5.41, 5.74) is 7.68. The molecule has 122 valence electrons. The summed E-state index contributed by atoms with van der Waals surface area (Å²) >= 11 is 0. The summed E-state index contributed by atoms with van der Waals surface area (Å²) in [5, 5.41) is 0. The van der Waals surface area contributed by atoms with Crippen molar-refractivity contribution in [1.29, 1.82) is 0 Å². The summed E-state index contributed by atoms with van der Waals surface area (Å²) in [7, 11) is 0. The molecular weight excluding hydrogens is 291 g/mol. The maximum atomic E-state index is 13.8. The molecule has 1 aliphatic rings. The zero-order valence-corrected chi connectivity index (χ0v) is 13.2. The van der Waals surface area contributed by atoms with Gasteiger partial charge < -0.3 is 10.5 Å². The van der Waals surface area contributed by atoms with Crippen molar-refractivity contribution in [3.05, 3.63) is 65.5 Å². The van der Waals surface area contributed by atoms with E-state index in [1.165, 1.54) is 18.9 Å². The van der Waals surface area contributed by atoms with Crippen molar-refractivity contribution in [3.63, 3.8) is 0 Å². The molecule has 23 heavy (non-hydrogen) atoms. The molecule has 3 rings (SSSR count). The number of halogens is 1. The van der Waals surface area contributed by atoms with Crippen molar-refractivity contribution in [1.82, 2.24) is 4.90 Å². The van der Waals surface area contributed by atoms with Crippen molar-refractivity contribution in [3.8, 4) is 5.75 Å². The summed E-state index contributed by atoms with van der Waals surface area (Å²) in [6.07, 6.45) is 2.43. The predicted molar refractivity (Wildman–Crippen MR) is 89.8 cm³/mol. The molecule has 0 amide bonds. The topological polar surface area (TPSA) is 38.5 Å². The highest BCUT2D eigenvalue weighted by molar-refractivity contribution is 5.36. The second-order valence-electron chi connectivity index (χ2n) is 5.91. The number of hydrogen-bond donors (Lipinski definition) is 1. The van der Waals surface area contributed by atoms with Crippen LogP contribution in [-0.4, -0.2) is 24.5 Å². The van der Waals surface area contributed by atoms with Crippen molar-refractivity contribution in [2.45, 2.75) is 25.5 Å². The molecule has 2 aromatic rings. The zero-order valence-electron chi connectivity index (χ0n) is 13.2. The van der Waals surface area contributed by atoms with Gasteiger partial charge in [0.25, 0.3) is 0 Å². The van der Waals surface area contributed by atoms with Gasteiger partial charge in [0, 0.05) is 17.7 Å². The van der Waals surface area contributed by atoms with Gasteiger partial charge in [0.1, 0.15) is 18.2 Å². The average Bonchev–Trinajstić information content (AvgIpc) is 3.10. The molecule has 0 aliphatic carbocycles. The first-order valence-corrected chi connectivity index (χ1v) is 8.19. The van der Waals surface area contributed by atoms with Crippen LogP contribution in [0.4, 0.5) is 4.39 Å². The number of para-hydroxylation sites is 1. The smallest absolute Gasteiger partial charge is 0.129 e. The number of benzene rings is 2. The number of nitrogens with two attached hydrogens (primary N) is 1. The Balaban J connectivity index is 1.78. The Morgan fingerprint density at radius 3 is 2.48 bits per heavy atom. The van der Waals surface area contributed by atoms with Gasteiger partial charge in [-0.15, -0.1) is 0 Å². The molecule has 1 heterocycles. The molecule has 1 atom stereocenters. The van der Waals surface area contributed by atoms with E-state index in [1.54, 1.807) is 12.1 Å². The molecule has 2 aromatic carbocycles. The van der Waals surface area contributed by atoms with Gasteiger partial charge in [0.05, 0.1) is 6.04 Å². The van der Waals surface area contributed by atoms with Crippen molar-refractivity contribution >= 4 is 0 Å². The number of ether oxygens (including phenoxy) is 1. The van der Waals surface area contributed by atoms with Crippen LogP contribution in [-0.2, 0) is 6.61 Å². The van der Waals surface area contributed by atoms with E-state index in [1.807, 2.05) is 24.3 Å². The van der Waals surface area contributed by atoms with Crippen LogP contribution >= 0.6 is 0 Å². The maximum Gasteiger partial charge on any atom is 0.129 e. The molecular formula is C19H23FN2O.